The molecule has 25 heavy (non-hydrogen) atoms. The SMILES string of the molecule is CC(C)(C)[Si](C)(C)OC[C@@]1(C)C[C@@H](O[Si](C)(C)C(C)(C)C)[C@@H](C=O)O1. The lowest BCUT2D eigenvalue weighted by atomic mass is 10.0. The van der Waals surface area contributed by atoms with Crippen LogP contribution in [0.15, 0.2) is 0 Å². The molecule has 0 bridgehead atoms. The second-order valence-electron chi connectivity index (χ2n) is 10.8. The van der Waals surface area contributed by atoms with Gasteiger partial charge >= 0.3 is 0 Å². The zero-order valence-electron chi connectivity index (χ0n) is 18.3. The minimum absolute atomic E-state index is 0.108. The first-order chi connectivity index (χ1) is 10.9. The Morgan fingerprint density at radius 1 is 1.04 bits per heavy atom. The molecule has 1 heterocycles. The van der Waals surface area contributed by atoms with E-state index in [1.165, 1.54) is 0 Å². The second-order valence-corrected chi connectivity index (χ2v) is 20.4. The summed E-state index contributed by atoms with van der Waals surface area (Å²) in [7, 11) is -3.80. The van der Waals surface area contributed by atoms with Crippen molar-refractivity contribution in [3.05, 3.63) is 0 Å². The van der Waals surface area contributed by atoms with E-state index < -0.39 is 28.3 Å². The van der Waals surface area contributed by atoms with Crippen molar-refractivity contribution in [1.82, 2.24) is 0 Å². The van der Waals surface area contributed by atoms with Gasteiger partial charge in [-0.05, 0) is 43.2 Å². The van der Waals surface area contributed by atoms with E-state index in [2.05, 4.69) is 67.7 Å². The van der Waals surface area contributed by atoms with Crippen molar-refractivity contribution in [1.29, 1.82) is 0 Å². The number of aldehydes is 1. The number of ether oxygens (including phenoxy) is 1. The fourth-order valence-electron chi connectivity index (χ4n) is 2.42. The quantitative estimate of drug-likeness (QED) is 0.466. The zero-order chi connectivity index (χ0) is 19.9. The van der Waals surface area contributed by atoms with Crippen LogP contribution in [-0.2, 0) is 18.4 Å². The van der Waals surface area contributed by atoms with Gasteiger partial charge < -0.3 is 18.4 Å². The summed E-state index contributed by atoms with van der Waals surface area (Å²) in [5, 5.41) is 0.264. The monoisotopic (exact) mass is 388 g/mol. The lowest BCUT2D eigenvalue weighted by Gasteiger charge is -2.39. The number of rotatable bonds is 6. The Labute approximate surface area is 157 Å². The predicted octanol–water partition coefficient (Wildman–Crippen LogP) is 5.15. The van der Waals surface area contributed by atoms with Crippen molar-refractivity contribution in [3.8, 4) is 0 Å². The van der Waals surface area contributed by atoms with E-state index in [9.17, 15) is 4.79 Å². The van der Waals surface area contributed by atoms with Crippen LogP contribution >= 0.6 is 0 Å². The Kier molecular flexibility index (Phi) is 6.62. The van der Waals surface area contributed by atoms with Crippen LogP contribution in [0, 0.1) is 0 Å². The van der Waals surface area contributed by atoms with E-state index in [1.54, 1.807) is 0 Å². The van der Waals surface area contributed by atoms with Gasteiger partial charge in [0.1, 0.15) is 6.10 Å². The molecule has 0 amide bonds. The van der Waals surface area contributed by atoms with Gasteiger partial charge in [0.15, 0.2) is 22.9 Å². The normalized spacial score (nSPS) is 29.1. The Hall–Kier alpha value is -0.0162. The lowest BCUT2D eigenvalue weighted by Crippen LogP contribution is -2.46. The molecule has 6 heteroatoms. The van der Waals surface area contributed by atoms with Crippen molar-refractivity contribution in [3.63, 3.8) is 0 Å². The highest BCUT2D eigenvalue weighted by Gasteiger charge is 2.50. The molecule has 0 aromatic carbocycles. The molecule has 1 fully saturated rings. The largest absolute Gasteiger partial charge is 0.414 e. The molecule has 4 nitrogen and oxygen atoms in total. The highest BCUT2D eigenvalue weighted by Crippen LogP contribution is 2.42. The molecule has 0 saturated carbocycles. The zero-order valence-corrected chi connectivity index (χ0v) is 20.3. The van der Waals surface area contributed by atoms with Crippen LogP contribution in [0.2, 0.25) is 36.3 Å². The van der Waals surface area contributed by atoms with Crippen LogP contribution in [-0.4, -0.2) is 47.3 Å². The van der Waals surface area contributed by atoms with Crippen LogP contribution in [0.25, 0.3) is 0 Å². The summed E-state index contributed by atoms with van der Waals surface area (Å²) in [4.78, 5) is 11.6. The summed E-state index contributed by atoms with van der Waals surface area (Å²) in [5.74, 6) is 0. The first-order valence-corrected chi connectivity index (χ1v) is 15.2. The van der Waals surface area contributed by atoms with E-state index >= 15 is 0 Å². The second kappa shape index (κ2) is 7.19. The maximum Gasteiger partial charge on any atom is 0.192 e. The highest BCUT2D eigenvalue weighted by molar-refractivity contribution is 6.74. The van der Waals surface area contributed by atoms with Crippen molar-refractivity contribution in [2.75, 3.05) is 6.61 Å². The van der Waals surface area contributed by atoms with E-state index in [0.717, 1.165) is 6.29 Å². The van der Waals surface area contributed by atoms with Gasteiger partial charge in [0.25, 0.3) is 0 Å². The van der Waals surface area contributed by atoms with Gasteiger partial charge in [0.2, 0.25) is 0 Å². The number of hydrogen-bond acceptors (Lipinski definition) is 4. The molecule has 1 rings (SSSR count). The molecule has 0 radical (unpaired) electrons. The Bertz CT molecular complexity index is 477. The molecular formula is C19H40O4Si2. The van der Waals surface area contributed by atoms with E-state index in [4.69, 9.17) is 13.6 Å². The molecule has 0 spiro atoms. The van der Waals surface area contributed by atoms with Crippen molar-refractivity contribution >= 4 is 22.9 Å². The molecule has 148 valence electrons. The van der Waals surface area contributed by atoms with Gasteiger partial charge in [0, 0.05) is 6.42 Å². The van der Waals surface area contributed by atoms with Gasteiger partial charge in [-0.25, -0.2) is 0 Å². The third-order valence-corrected chi connectivity index (χ3v) is 15.3. The highest BCUT2D eigenvalue weighted by atomic mass is 28.4. The Morgan fingerprint density at radius 3 is 1.92 bits per heavy atom. The minimum atomic E-state index is -1.95. The average molecular weight is 389 g/mol. The van der Waals surface area contributed by atoms with Crippen LogP contribution in [0.3, 0.4) is 0 Å². The smallest absolute Gasteiger partial charge is 0.192 e. The van der Waals surface area contributed by atoms with Crippen LogP contribution in [0.5, 0.6) is 0 Å². The summed E-state index contributed by atoms with van der Waals surface area (Å²) in [5.41, 5.74) is -0.464. The standard InChI is InChI=1S/C19H40O4Si2/c1-17(2,3)24(8,9)21-14-19(7)12-15(16(13-20)22-19)23-25(10,11)18(4,5)6/h13,15-16H,12,14H2,1-11H3/t15-,16-,19-/m1/s1. The van der Waals surface area contributed by atoms with Crippen molar-refractivity contribution in [2.24, 2.45) is 0 Å². The Morgan fingerprint density at radius 2 is 1.52 bits per heavy atom. The summed E-state index contributed by atoms with van der Waals surface area (Å²) < 4.78 is 19.0. The van der Waals surface area contributed by atoms with Crippen molar-refractivity contribution in [2.45, 2.75) is 109 Å². The van der Waals surface area contributed by atoms with Crippen molar-refractivity contribution < 1.29 is 18.4 Å². The molecule has 0 N–H and O–H groups in total. The van der Waals surface area contributed by atoms with Crippen LogP contribution in [0.4, 0.5) is 0 Å². The van der Waals surface area contributed by atoms with E-state index in [0.29, 0.717) is 13.0 Å². The Balaban J connectivity index is 2.84. The summed E-state index contributed by atoms with van der Waals surface area (Å²) in [6.07, 6.45) is 0.931. The maximum absolute atomic E-state index is 11.6. The molecule has 0 aromatic rings. The van der Waals surface area contributed by atoms with E-state index in [-0.39, 0.29) is 16.2 Å². The summed E-state index contributed by atoms with van der Waals surface area (Å²) in [6, 6.07) is 0. The fraction of sp³-hybridized carbons (Fsp3) is 0.947. The molecule has 1 aliphatic heterocycles. The van der Waals surface area contributed by atoms with E-state index in [1.807, 2.05) is 6.92 Å². The molecule has 0 aromatic heterocycles. The molecule has 0 unspecified atom stereocenters. The maximum atomic E-state index is 11.6. The predicted molar refractivity (Wildman–Crippen MR) is 109 cm³/mol. The van der Waals surface area contributed by atoms with Crippen LogP contribution < -0.4 is 0 Å². The first-order valence-electron chi connectivity index (χ1n) is 9.39. The number of carbonyl (C=O) groups is 1. The van der Waals surface area contributed by atoms with Crippen LogP contribution in [0.1, 0.15) is 54.9 Å². The first kappa shape index (κ1) is 23.0. The summed E-state index contributed by atoms with van der Waals surface area (Å²) in [6.45, 7) is 24.8. The molecular weight excluding hydrogens is 348 g/mol. The van der Waals surface area contributed by atoms with Gasteiger partial charge in [0.05, 0.1) is 18.3 Å². The van der Waals surface area contributed by atoms with Gasteiger partial charge in [-0.2, -0.15) is 0 Å². The summed E-state index contributed by atoms with van der Waals surface area (Å²) >= 11 is 0. The third-order valence-electron chi connectivity index (χ3n) is 6.35. The topological polar surface area (TPSA) is 44.8 Å². The number of carbonyl (C=O) groups excluding carboxylic acids is 1. The van der Waals surface area contributed by atoms with Gasteiger partial charge in [-0.3, -0.25) is 0 Å². The molecule has 0 aliphatic carbocycles. The average Bonchev–Trinajstić information content (AvgIpc) is 2.70. The van der Waals surface area contributed by atoms with Gasteiger partial charge in [-0.15, -0.1) is 0 Å². The lowest BCUT2D eigenvalue weighted by molar-refractivity contribution is -0.126. The molecule has 3 atom stereocenters. The fourth-order valence-corrected chi connectivity index (χ4v) is 4.84. The third kappa shape index (κ3) is 5.48. The van der Waals surface area contributed by atoms with Gasteiger partial charge in [-0.1, -0.05) is 41.5 Å². The molecule has 1 saturated heterocycles. The molecule has 1 aliphatic rings. The minimum Gasteiger partial charge on any atom is -0.414 e. The number of hydrogen-bond donors (Lipinski definition) is 0.